The molecule has 1 fully saturated rings. The van der Waals surface area contributed by atoms with Gasteiger partial charge in [0.15, 0.2) is 11.5 Å². The fraction of sp³-hybridized carbons (Fsp3) is 0.571. The molecule has 0 aromatic heterocycles. The molecule has 1 aromatic rings. The Balaban J connectivity index is 2.20. The third-order valence-corrected chi connectivity index (χ3v) is 6.48. The Morgan fingerprint density at radius 2 is 1.84 bits per heavy atom. The van der Waals surface area contributed by atoms with Crippen LogP contribution in [-0.4, -0.2) is 41.3 Å². The van der Waals surface area contributed by atoms with Crippen molar-refractivity contribution in [3.63, 3.8) is 0 Å². The lowest BCUT2D eigenvalue weighted by molar-refractivity contribution is 0.173. The monoisotopic (exact) mass is 300 g/mol. The number of hydrogen-bond donors (Lipinski definition) is 1. The average molecular weight is 300 g/mol. The minimum atomic E-state index is -0.465. The predicted octanol–water partition coefficient (Wildman–Crippen LogP) is 2.97. The van der Waals surface area contributed by atoms with Gasteiger partial charge in [-0.25, -0.2) is 0 Å². The molecule has 0 saturated carbocycles. The summed E-state index contributed by atoms with van der Waals surface area (Å²) in [5, 5.41) is 11.3. The smallest absolute Gasteiger partial charge is 0.161 e. The van der Waals surface area contributed by atoms with Crippen LogP contribution in [-0.2, 0) is 0 Å². The van der Waals surface area contributed by atoms with Crippen molar-refractivity contribution in [3.8, 4) is 11.5 Å². The van der Waals surface area contributed by atoms with Crippen molar-refractivity contribution >= 4 is 23.5 Å². The summed E-state index contributed by atoms with van der Waals surface area (Å²) in [6.07, 6.45) is -0.465. The Bertz CT molecular complexity index is 425. The van der Waals surface area contributed by atoms with Crippen molar-refractivity contribution in [2.75, 3.05) is 25.7 Å². The standard InChI is InChI=1S/C14H20O3S2/c1-9-14(19-7-6-18-9)13(15)10-4-5-11(16-2)12(8-10)17-3/h4-5,8-9,13-15H,6-7H2,1-3H3. The number of thioether (sulfide) groups is 2. The van der Waals surface area contributed by atoms with Crippen molar-refractivity contribution in [1.82, 2.24) is 0 Å². The molecule has 1 heterocycles. The summed E-state index contributed by atoms with van der Waals surface area (Å²) in [4.78, 5) is 0. The zero-order valence-corrected chi connectivity index (χ0v) is 13.1. The molecule has 5 heteroatoms. The van der Waals surface area contributed by atoms with Crippen molar-refractivity contribution in [1.29, 1.82) is 0 Å². The summed E-state index contributed by atoms with van der Waals surface area (Å²) >= 11 is 3.78. The van der Waals surface area contributed by atoms with Crippen LogP contribution in [0.2, 0.25) is 0 Å². The highest BCUT2D eigenvalue weighted by molar-refractivity contribution is 8.07. The first-order valence-electron chi connectivity index (χ1n) is 6.30. The zero-order chi connectivity index (χ0) is 13.8. The summed E-state index contributed by atoms with van der Waals surface area (Å²) in [6, 6.07) is 5.64. The van der Waals surface area contributed by atoms with E-state index < -0.39 is 6.10 Å². The van der Waals surface area contributed by atoms with Crippen LogP contribution in [0.1, 0.15) is 18.6 Å². The SMILES string of the molecule is COc1ccc(C(O)C2SCCSC2C)cc1OC. The molecule has 0 aliphatic carbocycles. The van der Waals surface area contributed by atoms with Crippen molar-refractivity contribution in [2.24, 2.45) is 0 Å². The Morgan fingerprint density at radius 3 is 2.47 bits per heavy atom. The molecule has 1 N–H and O–H groups in total. The molecule has 1 aliphatic heterocycles. The molecule has 0 radical (unpaired) electrons. The van der Waals surface area contributed by atoms with Gasteiger partial charge < -0.3 is 14.6 Å². The number of hydrogen-bond acceptors (Lipinski definition) is 5. The number of rotatable bonds is 4. The largest absolute Gasteiger partial charge is 0.493 e. The Labute approximate surface area is 123 Å². The second kappa shape index (κ2) is 6.77. The zero-order valence-electron chi connectivity index (χ0n) is 11.5. The fourth-order valence-electron chi connectivity index (χ4n) is 2.22. The number of aliphatic hydroxyl groups is 1. The van der Waals surface area contributed by atoms with E-state index >= 15 is 0 Å². The highest BCUT2D eigenvalue weighted by Crippen LogP contribution is 2.40. The number of methoxy groups -OCH3 is 2. The molecule has 0 amide bonds. The molecule has 3 unspecified atom stereocenters. The Kier molecular flexibility index (Phi) is 5.30. The average Bonchev–Trinajstić information content (AvgIpc) is 2.46. The highest BCUT2D eigenvalue weighted by atomic mass is 32.2. The molecule has 19 heavy (non-hydrogen) atoms. The van der Waals surface area contributed by atoms with Gasteiger partial charge in [-0.1, -0.05) is 13.0 Å². The molecule has 2 rings (SSSR count). The number of ether oxygens (including phenoxy) is 2. The molecular formula is C14H20O3S2. The lowest BCUT2D eigenvalue weighted by Gasteiger charge is -2.32. The van der Waals surface area contributed by atoms with Crippen molar-refractivity contribution in [2.45, 2.75) is 23.5 Å². The van der Waals surface area contributed by atoms with E-state index in [9.17, 15) is 5.11 Å². The van der Waals surface area contributed by atoms with Crippen LogP contribution in [0.15, 0.2) is 18.2 Å². The van der Waals surface area contributed by atoms with Gasteiger partial charge in [-0.3, -0.25) is 0 Å². The van der Waals surface area contributed by atoms with E-state index in [2.05, 4.69) is 6.92 Å². The van der Waals surface area contributed by atoms with E-state index in [1.165, 1.54) is 5.75 Å². The summed E-state index contributed by atoms with van der Waals surface area (Å²) in [7, 11) is 3.23. The molecule has 1 aromatic carbocycles. The quantitative estimate of drug-likeness (QED) is 0.925. The maximum Gasteiger partial charge on any atom is 0.161 e. The van der Waals surface area contributed by atoms with E-state index in [4.69, 9.17) is 9.47 Å². The first kappa shape index (κ1) is 14.9. The van der Waals surface area contributed by atoms with Gasteiger partial charge in [-0.2, -0.15) is 23.5 Å². The summed E-state index contributed by atoms with van der Waals surface area (Å²) in [5.74, 6) is 3.63. The molecule has 1 saturated heterocycles. The van der Waals surface area contributed by atoms with Crippen LogP contribution in [0.5, 0.6) is 11.5 Å². The number of aliphatic hydroxyl groups excluding tert-OH is 1. The lowest BCUT2D eigenvalue weighted by atomic mass is 10.0. The van der Waals surface area contributed by atoms with E-state index in [1.807, 2.05) is 41.7 Å². The maximum absolute atomic E-state index is 10.6. The molecule has 0 spiro atoms. The molecule has 106 valence electrons. The van der Waals surface area contributed by atoms with E-state index in [-0.39, 0.29) is 5.25 Å². The van der Waals surface area contributed by atoms with Gasteiger partial charge in [-0.05, 0) is 17.7 Å². The van der Waals surface area contributed by atoms with Gasteiger partial charge in [0.1, 0.15) is 0 Å². The third-order valence-electron chi connectivity index (χ3n) is 3.30. The Hall–Kier alpha value is -0.520. The van der Waals surface area contributed by atoms with Crippen LogP contribution in [0.3, 0.4) is 0 Å². The van der Waals surface area contributed by atoms with Gasteiger partial charge in [0.05, 0.1) is 20.3 Å². The molecule has 3 atom stereocenters. The highest BCUT2D eigenvalue weighted by Gasteiger charge is 2.30. The van der Waals surface area contributed by atoms with Crippen molar-refractivity contribution < 1.29 is 14.6 Å². The van der Waals surface area contributed by atoms with Gasteiger partial charge >= 0.3 is 0 Å². The van der Waals surface area contributed by atoms with E-state index in [0.29, 0.717) is 16.7 Å². The summed E-state index contributed by atoms with van der Waals surface area (Å²) in [5.41, 5.74) is 0.893. The number of benzene rings is 1. The molecule has 1 aliphatic rings. The Morgan fingerprint density at radius 1 is 1.16 bits per heavy atom. The summed E-state index contributed by atoms with van der Waals surface area (Å²) < 4.78 is 10.5. The predicted molar refractivity (Wildman–Crippen MR) is 82.7 cm³/mol. The minimum Gasteiger partial charge on any atom is -0.493 e. The van der Waals surface area contributed by atoms with Crippen LogP contribution < -0.4 is 9.47 Å². The van der Waals surface area contributed by atoms with Gasteiger partial charge in [0.2, 0.25) is 0 Å². The normalized spacial score (nSPS) is 24.8. The van der Waals surface area contributed by atoms with Crippen LogP contribution in [0, 0.1) is 0 Å². The van der Waals surface area contributed by atoms with E-state index in [1.54, 1.807) is 14.2 Å². The van der Waals surface area contributed by atoms with E-state index in [0.717, 1.165) is 11.3 Å². The topological polar surface area (TPSA) is 38.7 Å². The van der Waals surface area contributed by atoms with Gasteiger partial charge in [0.25, 0.3) is 0 Å². The maximum atomic E-state index is 10.6. The van der Waals surface area contributed by atoms with Crippen molar-refractivity contribution in [3.05, 3.63) is 23.8 Å². The molecular weight excluding hydrogens is 280 g/mol. The van der Waals surface area contributed by atoms with Gasteiger partial charge in [-0.15, -0.1) is 0 Å². The summed E-state index contributed by atoms with van der Waals surface area (Å²) in [6.45, 7) is 2.19. The first-order valence-corrected chi connectivity index (χ1v) is 8.40. The fourth-order valence-corrected chi connectivity index (χ4v) is 5.06. The second-order valence-electron chi connectivity index (χ2n) is 4.47. The third kappa shape index (κ3) is 3.33. The van der Waals surface area contributed by atoms with Gasteiger partial charge in [0, 0.05) is 22.0 Å². The molecule has 0 bridgehead atoms. The van der Waals surface area contributed by atoms with Crippen LogP contribution in [0.25, 0.3) is 0 Å². The van der Waals surface area contributed by atoms with Crippen LogP contribution >= 0.6 is 23.5 Å². The first-order chi connectivity index (χ1) is 9.17. The second-order valence-corrected chi connectivity index (χ2v) is 7.24. The molecule has 3 nitrogen and oxygen atoms in total. The minimum absolute atomic E-state index is 0.233. The lowest BCUT2D eigenvalue weighted by Crippen LogP contribution is -2.29. The van der Waals surface area contributed by atoms with Crippen LogP contribution in [0.4, 0.5) is 0 Å².